The van der Waals surface area contributed by atoms with Crippen molar-refractivity contribution >= 4 is 22.9 Å². The van der Waals surface area contributed by atoms with Crippen LogP contribution < -0.4 is 9.64 Å². The van der Waals surface area contributed by atoms with Crippen molar-refractivity contribution in [2.45, 2.75) is 20.0 Å². The van der Waals surface area contributed by atoms with Gasteiger partial charge in [-0.3, -0.25) is 4.79 Å². The smallest absolute Gasteiger partial charge is 0.228 e. The molecule has 1 amide bonds. The number of carbonyl (C=O) groups excluding carboxylic acids is 1. The molecule has 0 atom stereocenters. The highest BCUT2D eigenvalue weighted by Gasteiger charge is 2.22. The van der Waals surface area contributed by atoms with Crippen LogP contribution in [0.4, 0.5) is 5.69 Å². The molecule has 0 radical (unpaired) electrons. The van der Waals surface area contributed by atoms with E-state index in [1.165, 1.54) is 11.3 Å². The molecule has 5 nitrogen and oxygen atoms in total. The van der Waals surface area contributed by atoms with E-state index >= 15 is 0 Å². The molecule has 29 heavy (non-hydrogen) atoms. The number of anilines is 1. The van der Waals surface area contributed by atoms with Gasteiger partial charge in [0.1, 0.15) is 17.4 Å². The van der Waals surface area contributed by atoms with Gasteiger partial charge in [-0.05, 0) is 36.8 Å². The lowest BCUT2D eigenvalue weighted by molar-refractivity contribution is -0.130. The molecule has 0 unspecified atom stereocenters. The number of rotatable bonds is 6. The van der Waals surface area contributed by atoms with E-state index in [2.05, 4.69) is 34.1 Å². The Kier molecular flexibility index (Phi) is 6.10. The largest absolute Gasteiger partial charge is 0.486 e. The second-order valence-electron chi connectivity index (χ2n) is 7.22. The minimum Gasteiger partial charge on any atom is -0.486 e. The number of aryl methyl sites for hydroxylation is 1. The maximum Gasteiger partial charge on any atom is 0.228 e. The van der Waals surface area contributed by atoms with Gasteiger partial charge >= 0.3 is 0 Å². The molecule has 1 aliphatic heterocycles. The van der Waals surface area contributed by atoms with Crippen molar-refractivity contribution < 1.29 is 9.53 Å². The van der Waals surface area contributed by atoms with Crippen molar-refractivity contribution in [3.8, 4) is 5.75 Å². The van der Waals surface area contributed by atoms with Gasteiger partial charge in [0, 0.05) is 37.2 Å². The molecule has 6 heteroatoms. The fraction of sp³-hybridized carbons (Fsp3) is 0.304. The summed E-state index contributed by atoms with van der Waals surface area (Å²) >= 11 is 1.54. The second-order valence-corrected chi connectivity index (χ2v) is 8.16. The standard InChI is InChI=1S/C23H25N3O2S/c1-18-6-5-9-21(14-18)28-16-22-24-19(17-29-22)15-23(27)26-12-10-25(11-13-26)20-7-3-2-4-8-20/h2-9,14,17H,10-13,15-16H2,1H3. The Morgan fingerprint density at radius 2 is 1.86 bits per heavy atom. The van der Waals surface area contributed by atoms with Crippen molar-refractivity contribution in [2.24, 2.45) is 0 Å². The number of para-hydroxylation sites is 1. The number of aromatic nitrogens is 1. The number of nitrogens with zero attached hydrogens (tertiary/aromatic N) is 3. The molecule has 1 saturated heterocycles. The Morgan fingerprint density at radius 3 is 2.62 bits per heavy atom. The van der Waals surface area contributed by atoms with Crippen LogP contribution in [0.1, 0.15) is 16.3 Å². The molecule has 0 N–H and O–H groups in total. The number of thiazole rings is 1. The van der Waals surface area contributed by atoms with Crippen LogP contribution in [-0.2, 0) is 17.8 Å². The van der Waals surface area contributed by atoms with E-state index in [9.17, 15) is 4.79 Å². The average Bonchev–Trinajstić information content (AvgIpc) is 3.20. The number of piperazine rings is 1. The van der Waals surface area contributed by atoms with Crippen LogP contribution in [0.5, 0.6) is 5.75 Å². The topological polar surface area (TPSA) is 45.7 Å². The van der Waals surface area contributed by atoms with E-state index in [1.807, 2.05) is 47.5 Å². The maximum absolute atomic E-state index is 12.7. The van der Waals surface area contributed by atoms with Gasteiger partial charge in [0.25, 0.3) is 0 Å². The number of hydrogen-bond donors (Lipinski definition) is 0. The van der Waals surface area contributed by atoms with E-state index in [4.69, 9.17) is 4.74 Å². The predicted octanol–water partition coefficient (Wildman–Crippen LogP) is 3.92. The van der Waals surface area contributed by atoms with Crippen LogP contribution in [0.15, 0.2) is 60.0 Å². The SMILES string of the molecule is Cc1cccc(OCc2nc(CC(=O)N3CCN(c4ccccc4)CC3)cs2)c1. The number of ether oxygens (including phenoxy) is 1. The predicted molar refractivity (Wildman–Crippen MR) is 117 cm³/mol. The third-order valence-electron chi connectivity index (χ3n) is 5.04. The van der Waals surface area contributed by atoms with Gasteiger partial charge < -0.3 is 14.5 Å². The molecule has 0 bridgehead atoms. The summed E-state index contributed by atoms with van der Waals surface area (Å²) in [6, 6.07) is 18.3. The van der Waals surface area contributed by atoms with E-state index in [0.29, 0.717) is 13.0 Å². The van der Waals surface area contributed by atoms with Crippen molar-refractivity contribution in [3.05, 3.63) is 76.2 Å². The van der Waals surface area contributed by atoms with Gasteiger partial charge in [-0.2, -0.15) is 0 Å². The molecule has 1 aromatic heterocycles. The fourth-order valence-corrected chi connectivity index (χ4v) is 4.17. The first-order valence-electron chi connectivity index (χ1n) is 9.88. The molecule has 4 rings (SSSR count). The first-order valence-corrected chi connectivity index (χ1v) is 10.8. The molecule has 1 fully saturated rings. The zero-order chi connectivity index (χ0) is 20.1. The molecule has 3 aromatic rings. The zero-order valence-electron chi connectivity index (χ0n) is 16.6. The van der Waals surface area contributed by atoms with Crippen molar-refractivity contribution in [3.63, 3.8) is 0 Å². The van der Waals surface area contributed by atoms with E-state index < -0.39 is 0 Å². The molecular formula is C23H25N3O2S. The van der Waals surface area contributed by atoms with Crippen molar-refractivity contribution in [1.82, 2.24) is 9.88 Å². The average molecular weight is 408 g/mol. The molecule has 0 saturated carbocycles. The van der Waals surface area contributed by atoms with Gasteiger partial charge in [-0.1, -0.05) is 30.3 Å². The van der Waals surface area contributed by atoms with Crippen LogP contribution in [0.2, 0.25) is 0 Å². The first-order chi connectivity index (χ1) is 14.2. The highest BCUT2D eigenvalue weighted by atomic mass is 32.1. The highest BCUT2D eigenvalue weighted by Crippen LogP contribution is 2.18. The van der Waals surface area contributed by atoms with Crippen LogP contribution in [0, 0.1) is 6.92 Å². The number of amides is 1. The Morgan fingerprint density at radius 1 is 1.07 bits per heavy atom. The fourth-order valence-electron chi connectivity index (χ4n) is 3.47. The lowest BCUT2D eigenvalue weighted by atomic mass is 10.2. The molecule has 2 heterocycles. The Hall–Kier alpha value is -2.86. The highest BCUT2D eigenvalue weighted by molar-refractivity contribution is 7.09. The van der Waals surface area contributed by atoms with Gasteiger partial charge in [0.15, 0.2) is 0 Å². The normalized spacial score (nSPS) is 14.1. The zero-order valence-corrected chi connectivity index (χ0v) is 17.4. The second kappa shape index (κ2) is 9.09. The summed E-state index contributed by atoms with van der Waals surface area (Å²) in [4.78, 5) is 21.5. The summed E-state index contributed by atoms with van der Waals surface area (Å²) in [6.45, 7) is 5.70. The van der Waals surface area contributed by atoms with Crippen LogP contribution in [-0.4, -0.2) is 42.0 Å². The third-order valence-corrected chi connectivity index (χ3v) is 5.91. The Balaban J connectivity index is 1.26. The molecular weight excluding hydrogens is 382 g/mol. The van der Waals surface area contributed by atoms with Crippen molar-refractivity contribution in [2.75, 3.05) is 31.1 Å². The number of carbonyl (C=O) groups is 1. The quantitative estimate of drug-likeness (QED) is 0.621. The summed E-state index contributed by atoms with van der Waals surface area (Å²) in [6.07, 6.45) is 0.353. The summed E-state index contributed by atoms with van der Waals surface area (Å²) in [7, 11) is 0. The van der Waals surface area contributed by atoms with Gasteiger partial charge in [0.2, 0.25) is 5.91 Å². The lowest BCUT2D eigenvalue weighted by Crippen LogP contribution is -2.49. The third kappa shape index (κ3) is 5.15. The Bertz CT molecular complexity index is 950. The molecule has 150 valence electrons. The van der Waals surface area contributed by atoms with E-state index in [0.717, 1.165) is 42.6 Å². The molecule has 1 aliphatic rings. The van der Waals surface area contributed by atoms with E-state index in [-0.39, 0.29) is 5.91 Å². The summed E-state index contributed by atoms with van der Waals surface area (Å²) in [5, 5.41) is 2.86. The van der Waals surface area contributed by atoms with Gasteiger partial charge in [0.05, 0.1) is 12.1 Å². The van der Waals surface area contributed by atoms with Crippen molar-refractivity contribution in [1.29, 1.82) is 0 Å². The molecule has 2 aromatic carbocycles. The Labute approximate surface area is 175 Å². The maximum atomic E-state index is 12.7. The monoisotopic (exact) mass is 407 g/mol. The first kappa shape index (κ1) is 19.5. The molecule has 0 aliphatic carbocycles. The molecule has 0 spiro atoms. The summed E-state index contributed by atoms with van der Waals surface area (Å²) in [5.41, 5.74) is 3.21. The van der Waals surface area contributed by atoms with Gasteiger partial charge in [-0.15, -0.1) is 11.3 Å². The summed E-state index contributed by atoms with van der Waals surface area (Å²) < 4.78 is 5.81. The van der Waals surface area contributed by atoms with Gasteiger partial charge in [-0.25, -0.2) is 4.98 Å². The minimum atomic E-state index is 0.147. The van der Waals surface area contributed by atoms with Crippen LogP contribution in [0.25, 0.3) is 0 Å². The van der Waals surface area contributed by atoms with Crippen LogP contribution in [0.3, 0.4) is 0 Å². The minimum absolute atomic E-state index is 0.147. The summed E-state index contributed by atoms with van der Waals surface area (Å²) in [5.74, 6) is 0.989. The van der Waals surface area contributed by atoms with Crippen LogP contribution >= 0.6 is 11.3 Å². The lowest BCUT2D eigenvalue weighted by Gasteiger charge is -2.36. The number of benzene rings is 2. The van der Waals surface area contributed by atoms with E-state index in [1.54, 1.807) is 11.3 Å². The number of hydrogen-bond acceptors (Lipinski definition) is 5.